The third kappa shape index (κ3) is 6.26. The number of hydrazine groups is 1. The molecule has 0 saturated heterocycles. The highest BCUT2D eigenvalue weighted by Gasteiger charge is 2.30. The van der Waals surface area contributed by atoms with Crippen molar-refractivity contribution in [1.29, 1.82) is 0 Å². The number of alkyl halides is 3. The predicted molar refractivity (Wildman–Crippen MR) is 109 cm³/mol. The van der Waals surface area contributed by atoms with Crippen molar-refractivity contribution in [3.8, 4) is 17.2 Å². The smallest absolute Gasteiger partial charge is 0.416 e. The molecule has 0 aliphatic heterocycles. The minimum absolute atomic E-state index is 0.00970. The van der Waals surface area contributed by atoms with Crippen molar-refractivity contribution in [3.63, 3.8) is 0 Å². The van der Waals surface area contributed by atoms with E-state index in [2.05, 4.69) is 0 Å². The first-order valence-electron chi connectivity index (χ1n) is 9.59. The van der Waals surface area contributed by atoms with E-state index in [9.17, 15) is 26.4 Å². The van der Waals surface area contributed by atoms with Crippen molar-refractivity contribution in [1.82, 2.24) is 10.3 Å². The number of carbonyl (C=O) groups excluding carboxylic acids is 1. The first-order chi connectivity index (χ1) is 15.0. The van der Waals surface area contributed by atoms with E-state index in [1.165, 1.54) is 12.1 Å². The normalized spacial score (nSPS) is 11.7. The zero-order valence-electron chi connectivity index (χ0n) is 17.6. The van der Waals surface area contributed by atoms with Crippen molar-refractivity contribution in [2.45, 2.75) is 31.8 Å². The second-order valence-electron chi connectivity index (χ2n) is 6.18. The number of rotatable bonds is 10. The van der Waals surface area contributed by atoms with Crippen LogP contribution in [-0.2, 0) is 16.2 Å². The lowest BCUT2D eigenvalue weighted by molar-refractivity contribution is -0.137. The van der Waals surface area contributed by atoms with Crippen LogP contribution in [0.25, 0.3) is 0 Å². The second kappa shape index (κ2) is 10.6. The van der Waals surface area contributed by atoms with Crippen LogP contribution >= 0.6 is 0 Å². The lowest BCUT2D eigenvalue weighted by Crippen LogP contribution is -2.41. The maximum absolute atomic E-state index is 12.7. The van der Waals surface area contributed by atoms with Crippen LogP contribution in [0.1, 0.15) is 36.7 Å². The van der Waals surface area contributed by atoms with E-state index in [4.69, 9.17) is 14.2 Å². The van der Waals surface area contributed by atoms with Crippen molar-refractivity contribution < 1.29 is 40.6 Å². The summed E-state index contributed by atoms with van der Waals surface area (Å²) in [6.07, 6.45) is -4.60. The minimum Gasteiger partial charge on any atom is -0.490 e. The van der Waals surface area contributed by atoms with E-state index < -0.39 is 32.6 Å². The zero-order chi connectivity index (χ0) is 23.9. The molecule has 176 valence electrons. The standard InChI is InChI=1S/C20H23F3N2O6S/c1-4-29-16-11-13(12-17(30-5-2)18(16)31-6-3)19(26)24-25-32(27,28)15-9-7-14(8-10-15)20(21,22)23/h7-12,25H,4-6H2,1-3H3,(H,24,26). The highest BCUT2D eigenvalue weighted by Crippen LogP contribution is 2.39. The summed E-state index contributed by atoms with van der Waals surface area (Å²) in [7, 11) is -4.32. The minimum atomic E-state index is -4.60. The number of carbonyl (C=O) groups is 1. The molecule has 0 spiro atoms. The molecule has 0 saturated carbocycles. The lowest BCUT2D eigenvalue weighted by atomic mass is 10.1. The van der Waals surface area contributed by atoms with Gasteiger partial charge in [-0.25, -0.2) is 8.42 Å². The molecule has 2 rings (SSSR count). The lowest BCUT2D eigenvalue weighted by Gasteiger charge is -2.17. The number of hydrogen-bond acceptors (Lipinski definition) is 6. The third-order valence-electron chi connectivity index (χ3n) is 3.96. The van der Waals surface area contributed by atoms with Gasteiger partial charge in [-0.05, 0) is 57.2 Å². The van der Waals surface area contributed by atoms with Crippen molar-refractivity contribution in [2.24, 2.45) is 0 Å². The average Bonchev–Trinajstić information content (AvgIpc) is 2.74. The van der Waals surface area contributed by atoms with E-state index in [1.807, 2.05) is 10.3 Å². The average molecular weight is 476 g/mol. The Bertz CT molecular complexity index is 1010. The first kappa shape index (κ1) is 25.3. The summed E-state index contributed by atoms with van der Waals surface area (Å²) in [5, 5.41) is 0. The highest BCUT2D eigenvalue weighted by molar-refractivity contribution is 7.89. The number of halogens is 3. The quantitative estimate of drug-likeness (QED) is 0.509. The summed E-state index contributed by atoms with van der Waals surface area (Å²) in [4.78, 5) is 13.9. The van der Waals surface area contributed by atoms with E-state index in [-0.39, 0.29) is 30.3 Å². The van der Waals surface area contributed by atoms with E-state index in [1.54, 1.807) is 20.8 Å². The van der Waals surface area contributed by atoms with Crippen LogP contribution in [-0.4, -0.2) is 34.1 Å². The van der Waals surface area contributed by atoms with Gasteiger partial charge in [-0.3, -0.25) is 10.2 Å². The fraction of sp³-hybridized carbons (Fsp3) is 0.350. The third-order valence-corrected chi connectivity index (χ3v) is 5.23. The van der Waals surface area contributed by atoms with E-state index >= 15 is 0 Å². The van der Waals surface area contributed by atoms with Crippen molar-refractivity contribution >= 4 is 15.9 Å². The molecule has 0 aromatic heterocycles. The van der Waals surface area contributed by atoms with Crippen molar-refractivity contribution in [3.05, 3.63) is 47.5 Å². The molecule has 12 heteroatoms. The molecule has 2 aromatic carbocycles. The Morgan fingerprint density at radius 3 is 1.84 bits per heavy atom. The Kier molecular flexibility index (Phi) is 8.33. The molecular weight excluding hydrogens is 453 g/mol. The summed E-state index contributed by atoms with van der Waals surface area (Å²) < 4.78 is 79.2. The SMILES string of the molecule is CCOc1cc(C(=O)NNS(=O)(=O)c2ccc(C(F)(F)F)cc2)cc(OCC)c1OCC. The van der Waals surface area contributed by atoms with Gasteiger partial charge in [0, 0.05) is 5.56 Å². The first-order valence-corrected chi connectivity index (χ1v) is 11.1. The molecule has 0 radical (unpaired) electrons. The van der Waals surface area contributed by atoms with Gasteiger partial charge in [-0.15, -0.1) is 4.83 Å². The van der Waals surface area contributed by atoms with Gasteiger partial charge < -0.3 is 14.2 Å². The van der Waals surface area contributed by atoms with Crippen LogP contribution in [0.5, 0.6) is 17.2 Å². The summed E-state index contributed by atoms with van der Waals surface area (Å²) in [6.45, 7) is 6.11. The van der Waals surface area contributed by atoms with Gasteiger partial charge in [0.25, 0.3) is 15.9 Å². The topological polar surface area (TPSA) is 103 Å². The Hall–Kier alpha value is -2.99. The fourth-order valence-corrected chi connectivity index (χ4v) is 3.43. The molecule has 0 atom stereocenters. The van der Waals surface area contributed by atoms with Crippen LogP contribution in [0.3, 0.4) is 0 Å². The largest absolute Gasteiger partial charge is 0.490 e. The Morgan fingerprint density at radius 2 is 1.41 bits per heavy atom. The van der Waals surface area contributed by atoms with E-state index in [0.29, 0.717) is 24.5 Å². The molecule has 1 amide bonds. The van der Waals surface area contributed by atoms with Gasteiger partial charge in [0.2, 0.25) is 5.75 Å². The van der Waals surface area contributed by atoms with Crippen LogP contribution in [0.4, 0.5) is 13.2 Å². The summed E-state index contributed by atoms with van der Waals surface area (Å²) in [5.74, 6) is -0.0735. The number of benzene rings is 2. The maximum Gasteiger partial charge on any atom is 0.416 e. The molecule has 0 aliphatic carbocycles. The molecule has 32 heavy (non-hydrogen) atoms. The molecule has 0 bridgehead atoms. The number of nitrogens with one attached hydrogen (secondary N) is 2. The fourth-order valence-electron chi connectivity index (χ4n) is 2.59. The monoisotopic (exact) mass is 476 g/mol. The molecule has 8 nitrogen and oxygen atoms in total. The van der Waals surface area contributed by atoms with Crippen LogP contribution in [0, 0.1) is 0 Å². The molecule has 0 heterocycles. The summed E-state index contributed by atoms with van der Waals surface area (Å²) in [6, 6.07) is 5.55. The van der Waals surface area contributed by atoms with Crippen LogP contribution < -0.4 is 24.5 Å². The van der Waals surface area contributed by atoms with Crippen LogP contribution in [0.2, 0.25) is 0 Å². The molecule has 2 N–H and O–H groups in total. The van der Waals surface area contributed by atoms with E-state index in [0.717, 1.165) is 12.1 Å². The number of sulfonamides is 1. The zero-order valence-corrected chi connectivity index (χ0v) is 18.4. The number of amides is 1. The van der Waals surface area contributed by atoms with Crippen LogP contribution in [0.15, 0.2) is 41.3 Å². The summed E-state index contributed by atoms with van der Waals surface area (Å²) >= 11 is 0. The Labute approximate surface area is 183 Å². The summed E-state index contributed by atoms with van der Waals surface area (Å²) in [5.41, 5.74) is 1.03. The molecule has 0 fully saturated rings. The molecule has 2 aromatic rings. The van der Waals surface area contributed by atoms with Gasteiger partial charge in [0.1, 0.15) is 0 Å². The molecular formula is C20H23F3N2O6S. The van der Waals surface area contributed by atoms with Gasteiger partial charge in [-0.2, -0.15) is 13.2 Å². The van der Waals surface area contributed by atoms with Gasteiger partial charge in [0.15, 0.2) is 11.5 Å². The highest BCUT2D eigenvalue weighted by atomic mass is 32.2. The van der Waals surface area contributed by atoms with Gasteiger partial charge >= 0.3 is 6.18 Å². The predicted octanol–water partition coefficient (Wildman–Crippen LogP) is 3.52. The number of hydrogen-bond donors (Lipinski definition) is 2. The Morgan fingerprint density at radius 1 is 0.906 bits per heavy atom. The van der Waals surface area contributed by atoms with Gasteiger partial charge in [0.05, 0.1) is 30.3 Å². The molecule has 0 unspecified atom stereocenters. The maximum atomic E-state index is 12.7. The number of ether oxygens (including phenoxy) is 3. The van der Waals surface area contributed by atoms with Gasteiger partial charge in [-0.1, -0.05) is 0 Å². The van der Waals surface area contributed by atoms with Crippen molar-refractivity contribution in [2.75, 3.05) is 19.8 Å². The molecule has 0 aliphatic rings. The Balaban J connectivity index is 2.24. The second-order valence-corrected chi connectivity index (χ2v) is 7.86.